The van der Waals surface area contributed by atoms with Crippen molar-refractivity contribution in [1.82, 2.24) is 0 Å². The van der Waals surface area contributed by atoms with Gasteiger partial charge in [0.15, 0.2) is 0 Å². The molecule has 4 nitrogen and oxygen atoms in total. The van der Waals surface area contributed by atoms with Gasteiger partial charge in [0.2, 0.25) is 0 Å². The van der Waals surface area contributed by atoms with Crippen LogP contribution in [0.15, 0.2) is 39.5 Å². The maximum atomic E-state index is 11.7. The van der Waals surface area contributed by atoms with Gasteiger partial charge in [-0.15, -0.1) is 13.2 Å². The number of unbranched alkanes of at least 4 members (excludes halogenated alkanes) is 2. The summed E-state index contributed by atoms with van der Waals surface area (Å²) in [6, 6.07) is 8.13. The minimum atomic E-state index is -4.56. The molecule has 0 aliphatic rings. The average Bonchev–Trinajstić information content (AvgIpc) is 2.44. The standard InChI is InChI=1S/C15H15F3O4/c16-15(17,18)21-9-3-1-2-8-20-12-6-4-11-5-7-14(19)22-13(11)10-12/h4-7,10H,1-3,8-9H2. The molecule has 0 bridgehead atoms. The summed E-state index contributed by atoms with van der Waals surface area (Å²) in [5.74, 6) is 0.549. The highest BCUT2D eigenvalue weighted by molar-refractivity contribution is 5.77. The van der Waals surface area contributed by atoms with Crippen LogP contribution in [0.3, 0.4) is 0 Å². The Balaban J connectivity index is 1.72. The number of fused-ring (bicyclic) bond motifs is 1. The lowest BCUT2D eigenvalue weighted by Gasteiger charge is -2.08. The number of benzene rings is 1. The largest absolute Gasteiger partial charge is 0.522 e. The van der Waals surface area contributed by atoms with Crippen LogP contribution >= 0.6 is 0 Å². The molecule has 2 aromatic rings. The number of ether oxygens (including phenoxy) is 2. The predicted octanol–water partition coefficient (Wildman–Crippen LogP) is 3.88. The Morgan fingerprint density at radius 2 is 1.73 bits per heavy atom. The molecule has 0 amide bonds. The van der Waals surface area contributed by atoms with E-state index in [2.05, 4.69) is 4.74 Å². The highest BCUT2D eigenvalue weighted by Crippen LogP contribution is 2.20. The number of halogens is 3. The Hall–Kier alpha value is -2.02. The lowest BCUT2D eigenvalue weighted by atomic mass is 10.2. The Kier molecular flexibility index (Phi) is 5.43. The van der Waals surface area contributed by atoms with Gasteiger partial charge in [0, 0.05) is 17.5 Å². The molecule has 0 spiro atoms. The van der Waals surface area contributed by atoms with Crippen LogP contribution in [0.5, 0.6) is 5.75 Å². The van der Waals surface area contributed by atoms with E-state index in [-0.39, 0.29) is 6.61 Å². The summed E-state index contributed by atoms with van der Waals surface area (Å²) >= 11 is 0. The van der Waals surface area contributed by atoms with Gasteiger partial charge in [-0.05, 0) is 37.5 Å². The quantitative estimate of drug-likeness (QED) is 0.574. The van der Waals surface area contributed by atoms with E-state index in [1.165, 1.54) is 6.07 Å². The van der Waals surface area contributed by atoms with Crippen LogP contribution in [0, 0.1) is 0 Å². The van der Waals surface area contributed by atoms with E-state index in [4.69, 9.17) is 9.15 Å². The number of hydrogen-bond donors (Lipinski definition) is 0. The van der Waals surface area contributed by atoms with Crippen molar-refractivity contribution >= 4 is 11.0 Å². The summed E-state index contributed by atoms with van der Waals surface area (Å²) in [6.07, 6.45) is -3.07. The zero-order valence-electron chi connectivity index (χ0n) is 11.7. The van der Waals surface area contributed by atoms with Crippen molar-refractivity contribution in [2.75, 3.05) is 13.2 Å². The normalized spacial score (nSPS) is 11.8. The molecule has 0 aliphatic carbocycles. The van der Waals surface area contributed by atoms with Crippen molar-refractivity contribution in [3.05, 3.63) is 40.8 Å². The summed E-state index contributed by atoms with van der Waals surface area (Å²) in [7, 11) is 0. The van der Waals surface area contributed by atoms with E-state index >= 15 is 0 Å². The van der Waals surface area contributed by atoms with Crippen molar-refractivity contribution < 1.29 is 27.1 Å². The molecule has 120 valence electrons. The molecule has 0 saturated heterocycles. The zero-order chi connectivity index (χ0) is 16.0. The third-order valence-electron chi connectivity index (χ3n) is 2.92. The van der Waals surface area contributed by atoms with E-state index in [1.807, 2.05) is 0 Å². The van der Waals surface area contributed by atoms with Crippen molar-refractivity contribution in [3.63, 3.8) is 0 Å². The molecule has 7 heteroatoms. The summed E-state index contributed by atoms with van der Waals surface area (Å²) in [6.45, 7) is 0.0270. The molecule has 1 aromatic carbocycles. The van der Waals surface area contributed by atoms with Crippen LogP contribution < -0.4 is 10.4 Å². The molecule has 0 aliphatic heterocycles. The SMILES string of the molecule is O=c1ccc2ccc(OCCCCCOC(F)(F)F)cc2o1. The lowest BCUT2D eigenvalue weighted by molar-refractivity contribution is -0.324. The fraction of sp³-hybridized carbons (Fsp3) is 0.400. The first kappa shape index (κ1) is 16.4. The van der Waals surface area contributed by atoms with Gasteiger partial charge in [0.1, 0.15) is 11.3 Å². The Morgan fingerprint density at radius 1 is 1.00 bits per heavy atom. The third-order valence-corrected chi connectivity index (χ3v) is 2.92. The molecule has 22 heavy (non-hydrogen) atoms. The van der Waals surface area contributed by atoms with E-state index in [1.54, 1.807) is 24.3 Å². The van der Waals surface area contributed by atoms with Crippen LogP contribution in [-0.2, 0) is 4.74 Å². The van der Waals surface area contributed by atoms with E-state index < -0.39 is 12.0 Å². The molecule has 2 rings (SSSR count). The molecule has 0 atom stereocenters. The topological polar surface area (TPSA) is 48.7 Å². The first-order valence-electron chi connectivity index (χ1n) is 6.81. The molecule has 0 unspecified atom stereocenters. The van der Waals surface area contributed by atoms with Crippen LogP contribution in [0.1, 0.15) is 19.3 Å². The highest BCUT2D eigenvalue weighted by Gasteiger charge is 2.28. The Bertz CT molecular complexity index is 664. The molecule has 1 heterocycles. The molecule has 0 N–H and O–H groups in total. The lowest BCUT2D eigenvalue weighted by Crippen LogP contribution is -2.14. The summed E-state index contributed by atoms with van der Waals surface area (Å²) in [4.78, 5) is 11.1. The van der Waals surface area contributed by atoms with Crippen molar-refractivity contribution in [3.8, 4) is 5.75 Å². The maximum absolute atomic E-state index is 11.7. The Labute approximate surface area is 124 Å². The van der Waals surface area contributed by atoms with Gasteiger partial charge in [-0.3, -0.25) is 4.74 Å². The average molecular weight is 316 g/mol. The highest BCUT2D eigenvalue weighted by atomic mass is 19.4. The summed E-state index contributed by atoms with van der Waals surface area (Å²) in [5, 5.41) is 0.788. The maximum Gasteiger partial charge on any atom is 0.522 e. The van der Waals surface area contributed by atoms with Crippen LogP contribution in [0.4, 0.5) is 13.2 Å². The van der Waals surface area contributed by atoms with E-state index in [0.29, 0.717) is 37.2 Å². The van der Waals surface area contributed by atoms with Crippen molar-refractivity contribution in [1.29, 1.82) is 0 Å². The first-order valence-corrected chi connectivity index (χ1v) is 6.81. The second-order valence-electron chi connectivity index (χ2n) is 4.66. The number of rotatable bonds is 7. The van der Waals surface area contributed by atoms with Gasteiger partial charge in [0.25, 0.3) is 0 Å². The van der Waals surface area contributed by atoms with Gasteiger partial charge in [-0.1, -0.05) is 0 Å². The fourth-order valence-corrected chi connectivity index (χ4v) is 1.89. The molecular formula is C15H15F3O4. The van der Waals surface area contributed by atoms with E-state index in [9.17, 15) is 18.0 Å². The van der Waals surface area contributed by atoms with Gasteiger partial charge < -0.3 is 9.15 Å². The monoisotopic (exact) mass is 316 g/mol. The number of alkyl halides is 3. The molecular weight excluding hydrogens is 301 g/mol. The minimum absolute atomic E-state index is 0.315. The summed E-state index contributed by atoms with van der Waals surface area (Å²) in [5.41, 5.74) is -0.00195. The van der Waals surface area contributed by atoms with Crippen molar-refractivity contribution in [2.24, 2.45) is 0 Å². The van der Waals surface area contributed by atoms with E-state index in [0.717, 1.165) is 5.39 Å². The van der Waals surface area contributed by atoms with Crippen LogP contribution in [-0.4, -0.2) is 19.6 Å². The van der Waals surface area contributed by atoms with Crippen LogP contribution in [0.2, 0.25) is 0 Å². The Morgan fingerprint density at radius 3 is 2.50 bits per heavy atom. The second-order valence-corrected chi connectivity index (χ2v) is 4.66. The van der Waals surface area contributed by atoms with Gasteiger partial charge in [0.05, 0.1) is 13.2 Å². The van der Waals surface area contributed by atoms with Gasteiger partial charge in [-0.25, -0.2) is 4.79 Å². The summed E-state index contributed by atoms with van der Waals surface area (Å²) < 4.78 is 49.4. The third kappa shape index (κ3) is 5.40. The fourth-order valence-electron chi connectivity index (χ4n) is 1.89. The molecule has 0 fully saturated rings. The smallest absolute Gasteiger partial charge is 0.493 e. The predicted molar refractivity (Wildman–Crippen MR) is 73.8 cm³/mol. The molecule has 0 radical (unpaired) electrons. The van der Waals surface area contributed by atoms with Gasteiger partial charge >= 0.3 is 12.0 Å². The molecule has 1 aromatic heterocycles. The zero-order valence-corrected chi connectivity index (χ0v) is 11.7. The molecule has 0 saturated carbocycles. The van der Waals surface area contributed by atoms with Gasteiger partial charge in [-0.2, -0.15) is 0 Å². The van der Waals surface area contributed by atoms with Crippen LogP contribution in [0.25, 0.3) is 11.0 Å². The van der Waals surface area contributed by atoms with Crippen molar-refractivity contribution in [2.45, 2.75) is 25.6 Å². The first-order chi connectivity index (χ1) is 10.4. The number of hydrogen-bond acceptors (Lipinski definition) is 4. The second kappa shape index (κ2) is 7.31. The minimum Gasteiger partial charge on any atom is -0.493 e.